The topological polar surface area (TPSA) is 51.1 Å². The Bertz CT molecular complexity index is 546. The maximum absolute atomic E-state index is 5.82. The quantitative estimate of drug-likeness (QED) is 0.819. The second-order valence-corrected chi connectivity index (χ2v) is 4.57. The number of hydrogen-bond acceptors (Lipinski definition) is 5. The molecule has 0 N–H and O–H groups in total. The Morgan fingerprint density at radius 2 is 2.26 bits per heavy atom. The number of aromatic nitrogens is 3. The number of ether oxygens (including phenoxy) is 1. The van der Waals surface area contributed by atoms with Crippen LogP contribution in [0.5, 0.6) is 0 Å². The van der Waals surface area contributed by atoms with Crippen LogP contribution in [0.3, 0.4) is 0 Å². The fourth-order valence-electron chi connectivity index (χ4n) is 2.23. The first-order valence-electron chi connectivity index (χ1n) is 6.39. The first-order chi connectivity index (χ1) is 9.33. The van der Waals surface area contributed by atoms with Crippen molar-refractivity contribution in [3.05, 3.63) is 48.2 Å². The van der Waals surface area contributed by atoms with Gasteiger partial charge in [0.1, 0.15) is 11.9 Å². The Kier molecular flexibility index (Phi) is 3.37. The summed E-state index contributed by atoms with van der Waals surface area (Å²) >= 11 is 0. The molecular formula is C14H16N4O. The molecule has 1 aliphatic heterocycles. The smallest absolute Gasteiger partial charge is 0.147 e. The molecule has 1 aliphatic rings. The summed E-state index contributed by atoms with van der Waals surface area (Å²) in [6.07, 6.45) is 5.18. The van der Waals surface area contributed by atoms with Gasteiger partial charge in [-0.1, -0.05) is 6.07 Å². The Labute approximate surface area is 112 Å². The van der Waals surface area contributed by atoms with Crippen molar-refractivity contribution in [2.24, 2.45) is 0 Å². The highest BCUT2D eigenvalue weighted by molar-refractivity contribution is 5.36. The lowest BCUT2D eigenvalue weighted by molar-refractivity contribution is 0.0366. The van der Waals surface area contributed by atoms with Crippen LogP contribution >= 0.6 is 0 Å². The molecule has 1 fully saturated rings. The lowest BCUT2D eigenvalue weighted by Crippen LogP contribution is -2.39. The van der Waals surface area contributed by atoms with Crippen molar-refractivity contribution in [2.75, 3.05) is 24.6 Å². The third kappa shape index (κ3) is 2.71. The molecule has 0 amide bonds. The maximum atomic E-state index is 5.82. The van der Waals surface area contributed by atoms with Gasteiger partial charge in [-0.05, 0) is 19.1 Å². The zero-order valence-corrected chi connectivity index (χ0v) is 10.9. The molecule has 5 nitrogen and oxygen atoms in total. The van der Waals surface area contributed by atoms with E-state index >= 15 is 0 Å². The Morgan fingerprint density at radius 1 is 1.32 bits per heavy atom. The molecule has 0 aliphatic carbocycles. The summed E-state index contributed by atoms with van der Waals surface area (Å²) in [5, 5.41) is 0. The average Bonchev–Trinajstić information content (AvgIpc) is 2.48. The lowest BCUT2D eigenvalue weighted by Gasteiger charge is -2.33. The van der Waals surface area contributed by atoms with Crippen molar-refractivity contribution < 1.29 is 4.74 Å². The van der Waals surface area contributed by atoms with Gasteiger partial charge in [0.2, 0.25) is 0 Å². The summed E-state index contributed by atoms with van der Waals surface area (Å²) in [5.74, 6) is 0.892. The van der Waals surface area contributed by atoms with Crippen LogP contribution in [0.2, 0.25) is 0 Å². The van der Waals surface area contributed by atoms with Crippen LogP contribution in [0.15, 0.2) is 36.8 Å². The van der Waals surface area contributed by atoms with Gasteiger partial charge in [0.05, 0.1) is 25.0 Å². The highest BCUT2D eigenvalue weighted by atomic mass is 16.5. The van der Waals surface area contributed by atoms with Gasteiger partial charge in [-0.15, -0.1) is 0 Å². The third-order valence-corrected chi connectivity index (χ3v) is 3.18. The summed E-state index contributed by atoms with van der Waals surface area (Å²) in [4.78, 5) is 15.2. The highest BCUT2D eigenvalue weighted by Crippen LogP contribution is 2.23. The van der Waals surface area contributed by atoms with E-state index in [-0.39, 0.29) is 6.10 Å². The van der Waals surface area contributed by atoms with Gasteiger partial charge >= 0.3 is 0 Å². The predicted molar refractivity (Wildman–Crippen MR) is 71.9 cm³/mol. The summed E-state index contributed by atoms with van der Waals surface area (Å²) < 4.78 is 5.82. The number of hydrogen-bond donors (Lipinski definition) is 0. The lowest BCUT2D eigenvalue weighted by atomic mass is 10.2. The average molecular weight is 256 g/mol. The van der Waals surface area contributed by atoms with Crippen molar-refractivity contribution in [3.8, 4) is 0 Å². The first-order valence-corrected chi connectivity index (χ1v) is 6.39. The molecule has 0 unspecified atom stereocenters. The maximum Gasteiger partial charge on any atom is 0.147 e. The van der Waals surface area contributed by atoms with E-state index < -0.39 is 0 Å². The number of pyridine rings is 1. The van der Waals surface area contributed by atoms with Crippen LogP contribution in [0.4, 0.5) is 5.82 Å². The van der Waals surface area contributed by atoms with E-state index in [0.717, 1.165) is 30.3 Å². The molecule has 0 radical (unpaired) electrons. The zero-order valence-electron chi connectivity index (χ0n) is 10.9. The Morgan fingerprint density at radius 3 is 3.05 bits per heavy atom. The molecule has 98 valence electrons. The molecule has 3 rings (SSSR count). The van der Waals surface area contributed by atoms with Crippen LogP contribution in [0.25, 0.3) is 0 Å². The fraction of sp³-hybridized carbons (Fsp3) is 0.357. The number of aryl methyl sites for hydroxylation is 1. The van der Waals surface area contributed by atoms with E-state index in [1.807, 2.05) is 25.1 Å². The number of anilines is 1. The molecule has 0 bridgehead atoms. The second-order valence-electron chi connectivity index (χ2n) is 4.57. The van der Waals surface area contributed by atoms with Gasteiger partial charge in [-0.2, -0.15) is 0 Å². The molecular weight excluding hydrogens is 240 g/mol. The van der Waals surface area contributed by atoms with E-state index in [1.165, 1.54) is 0 Å². The molecule has 19 heavy (non-hydrogen) atoms. The van der Waals surface area contributed by atoms with E-state index in [0.29, 0.717) is 6.61 Å². The molecule has 2 aromatic heterocycles. The van der Waals surface area contributed by atoms with Crippen molar-refractivity contribution >= 4 is 5.82 Å². The molecule has 0 saturated carbocycles. The standard InChI is InChI=1S/C14H16N4O/c1-11-3-2-4-12(17-11)13-10-18(7-8-19-13)14-9-15-5-6-16-14/h2-6,9,13H,7-8,10H2,1H3/t13-/m1/s1. The van der Waals surface area contributed by atoms with Crippen molar-refractivity contribution in [2.45, 2.75) is 13.0 Å². The molecule has 1 atom stereocenters. The second kappa shape index (κ2) is 5.32. The normalized spacial score (nSPS) is 19.4. The largest absolute Gasteiger partial charge is 0.368 e. The summed E-state index contributed by atoms with van der Waals surface area (Å²) in [6, 6.07) is 6.02. The van der Waals surface area contributed by atoms with E-state index in [2.05, 4.69) is 19.9 Å². The van der Waals surface area contributed by atoms with Gasteiger partial charge in [0.15, 0.2) is 0 Å². The SMILES string of the molecule is Cc1cccc([C@H]2CN(c3cnccn3)CCO2)n1. The van der Waals surface area contributed by atoms with Crippen LogP contribution in [-0.2, 0) is 4.74 Å². The summed E-state index contributed by atoms with van der Waals surface area (Å²) in [6.45, 7) is 4.26. The number of morpholine rings is 1. The van der Waals surface area contributed by atoms with E-state index in [4.69, 9.17) is 4.74 Å². The number of rotatable bonds is 2. The van der Waals surface area contributed by atoms with Crippen LogP contribution in [0, 0.1) is 6.92 Å². The van der Waals surface area contributed by atoms with Gasteiger partial charge in [-0.3, -0.25) is 9.97 Å². The van der Waals surface area contributed by atoms with E-state index in [9.17, 15) is 0 Å². The van der Waals surface area contributed by atoms with Crippen LogP contribution in [-0.4, -0.2) is 34.6 Å². The molecule has 0 spiro atoms. The highest BCUT2D eigenvalue weighted by Gasteiger charge is 2.23. The molecule has 2 aromatic rings. The van der Waals surface area contributed by atoms with Crippen LogP contribution in [0.1, 0.15) is 17.5 Å². The Hall–Kier alpha value is -2.01. The predicted octanol–water partition coefficient (Wildman–Crippen LogP) is 1.76. The number of nitrogens with zero attached hydrogens (tertiary/aromatic N) is 4. The minimum Gasteiger partial charge on any atom is -0.368 e. The Balaban J connectivity index is 1.78. The molecule has 5 heteroatoms. The van der Waals surface area contributed by atoms with Crippen molar-refractivity contribution in [1.29, 1.82) is 0 Å². The van der Waals surface area contributed by atoms with Gasteiger partial charge in [0.25, 0.3) is 0 Å². The summed E-state index contributed by atoms with van der Waals surface area (Å²) in [5.41, 5.74) is 1.99. The fourth-order valence-corrected chi connectivity index (χ4v) is 2.23. The molecule has 0 aromatic carbocycles. The minimum atomic E-state index is -0.00402. The molecule has 3 heterocycles. The third-order valence-electron chi connectivity index (χ3n) is 3.18. The zero-order chi connectivity index (χ0) is 13.1. The molecule has 1 saturated heterocycles. The summed E-state index contributed by atoms with van der Waals surface area (Å²) in [7, 11) is 0. The van der Waals surface area contributed by atoms with Crippen molar-refractivity contribution in [3.63, 3.8) is 0 Å². The minimum absolute atomic E-state index is 0.00402. The van der Waals surface area contributed by atoms with E-state index in [1.54, 1.807) is 18.6 Å². The first kappa shape index (κ1) is 12.0. The van der Waals surface area contributed by atoms with Gasteiger partial charge in [-0.25, -0.2) is 4.98 Å². The van der Waals surface area contributed by atoms with Crippen molar-refractivity contribution in [1.82, 2.24) is 15.0 Å². The van der Waals surface area contributed by atoms with Gasteiger partial charge < -0.3 is 9.64 Å². The van der Waals surface area contributed by atoms with Crippen LogP contribution < -0.4 is 4.90 Å². The van der Waals surface area contributed by atoms with Gasteiger partial charge in [0, 0.05) is 24.6 Å². The monoisotopic (exact) mass is 256 g/mol.